The summed E-state index contributed by atoms with van der Waals surface area (Å²) in [6, 6.07) is 10.6. The van der Waals surface area contributed by atoms with E-state index in [9.17, 15) is 12.8 Å². The first-order valence-corrected chi connectivity index (χ1v) is 9.43. The Morgan fingerprint density at radius 3 is 2.59 bits per heavy atom. The first-order valence-electron chi connectivity index (χ1n) is 7.82. The zero-order valence-corrected chi connectivity index (χ0v) is 13.7. The van der Waals surface area contributed by atoms with Crippen molar-refractivity contribution in [2.75, 3.05) is 39.1 Å². The molecule has 3 rings (SSSR count). The molecule has 0 aromatic heterocycles. The van der Waals surface area contributed by atoms with Crippen LogP contribution in [0.2, 0.25) is 0 Å². The number of fused-ring (bicyclic) bond motifs is 1. The van der Waals surface area contributed by atoms with Crippen molar-refractivity contribution < 1.29 is 12.8 Å². The van der Waals surface area contributed by atoms with Gasteiger partial charge in [-0.1, -0.05) is 30.3 Å². The topological polar surface area (TPSA) is 40.6 Å². The second-order valence-electron chi connectivity index (χ2n) is 6.39. The third kappa shape index (κ3) is 2.92. The van der Waals surface area contributed by atoms with E-state index in [2.05, 4.69) is 24.1 Å². The van der Waals surface area contributed by atoms with Crippen LogP contribution in [-0.2, 0) is 10.0 Å². The van der Waals surface area contributed by atoms with Crippen LogP contribution in [0, 0.1) is 11.8 Å². The molecule has 3 atom stereocenters. The van der Waals surface area contributed by atoms with Gasteiger partial charge in [0.15, 0.2) is 0 Å². The van der Waals surface area contributed by atoms with Gasteiger partial charge in [0.2, 0.25) is 10.0 Å². The molecule has 2 saturated heterocycles. The maximum atomic E-state index is 12.3. The van der Waals surface area contributed by atoms with Crippen molar-refractivity contribution in [1.82, 2.24) is 9.21 Å². The van der Waals surface area contributed by atoms with E-state index in [1.54, 1.807) is 4.31 Å². The standard InChI is InChI=1S/C16H23FN2O2S/c1-18-10-14-11-19(22(20,21)9-5-8-17)12-15(14)16(18)13-6-3-2-4-7-13/h2-4,6-7,14-16H,5,8-12H2,1H3. The third-order valence-corrected chi connectivity index (χ3v) is 6.82. The number of hydrogen-bond acceptors (Lipinski definition) is 3. The lowest BCUT2D eigenvalue weighted by molar-refractivity contribution is 0.261. The van der Waals surface area contributed by atoms with Gasteiger partial charge in [-0.15, -0.1) is 0 Å². The lowest BCUT2D eigenvalue weighted by Crippen LogP contribution is -2.35. The van der Waals surface area contributed by atoms with Crippen LogP contribution in [-0.4, -0.2) is 56.7 Å². The zero-order chi connectivity index (χ0) is 15.7. The monoisotopic (exact) mass is 326 g/mol. The van der Waals surface area contributed by atoms with E-state index in [0.29, 0.717) is 24.9 Å². The molecule has 2 aliphatic heterocycles. The molecule has 0 saturated carbocycles. The molecule has 2 heterocycles. The van der Waals surface area contributed by atoms with E-state index >= 15 is 0 Å². The summed E-state index contributed by atoms with van der Waals surface area (Å²) in [5, 5.41) is 0. The van der Waals surface area contributed by atoms with Crippen molar-refractivity contribution in [1.29, 1.82) is 0 Å². The maximum Gasteiger partial charge on any atom is 0.214 e. The van der Waals surface area contributed by atoms with E-state index in [0.717, 1.165) is 6.54 Å². The van der Waals surface area contributed by atoms with Crippen molar-refractivity contribution >= 4 is 10.0 Å². The van der Waals surface area contributed by atoms with Crippen molar-refractivity contribution in [3.63, 3.8) is 0 Å². The van der Waals surface area contributed by atoms with Crippen LogP contribution in [0.5, 0.6) is 0 Å². The molecule has 0 aliphatic carbocycles. The van der Waals surface area contributed by atoms with Gasteiger partial charge in [0.25, 0.3) is 0 Å². The SMILES string of the molecule is CN1CC2CN(S(=O)(=O)CCCF)CC2C1c1ccccc1. The van der Waals surface area contributed by atoms with Crippen LogP contribution < -0.4 is 0 Å². The second kappa shape index (κ2) is 6.26. The molecular weight excluding hydrogens is 303 g/mol. The number of halogens is 1. The van der Waals surface area contributed by atoms with Crippen LogP contribution in [0.3, 0.4) is 0 Å². The molecule has 0 spiro atoms. The third-order valence-electron chi connectivity index (χ3n) is 4.93. The molecule has 2 fully saturated rings. The molecule has 0 N–H and O–H groups in total. The number of benzene rings is 1. The van der Waals surface area contributed by atoms with Crippen LogP contribution in [0.4, 0.5) is 4.39 Å². The van der Waals surface area contributed by atoms with Gasteiger partial charge in [-0.05, 0) is 30.9 Å². The maximum absolute atomic E-state index is 12.3. The average Bonchev–Trinajstić information content (AvgIpc) is 3.03. The quantitative estimate of drug-likeness (QED) is 0.830. The fourth-order valence-corrected chi connectivity index (χ4v) is 5.51. The van der Waals surface area contributed by atoms with E-state index in [-0.39, 0.29) is 18.2 Å². The largest absolute Gasteiger partial charge is 0.299 e. The summed E-state index contributed by atoms with van der Waals surface area (Å²) >= 11 is 0. The van der Waals surface area contributed by atoms with Crippen molar-refractivity contribution in [2.45, 2.75) is 12.5 Å². The Kier molecular flexibility index (Phi) is 4.52. The van der Waals surface area contributed by atoms with Gasteiger partial charge in [0, 0.05) is 25.7 Å². The van der Waals surface area contributed by atoms with Gasteiger partial charge in [0.1, 0.15) is 0 Å². The lowest BCUT2D eigenvalue weighted by atomic mass is 9.90. The minimum atomic E-state index is -3.31. The molecule has 22 heavy (non-hydrogen) atoms. The predicted octanol–water partition coefficient (Wildman–Crippen LogP) is 1.91. The molecule has 2 aliphatic rings. The van der Waals surface area contributed by atoms with Gasteiger partial charge in [-0.3, -0.25) is 9.29 Å². The lowest BCUT2D eigenvalue weighted by Gasteiger charge is -2.26. The van der Waals surface area contributed by atoms with E-state index < -0.39 is 16.7 Å². The highest BCUT2D eigenvalue weighted by atomic mass is 32.2. The molecule has 0 radical (unpaired) electrons. The second-order valence-corrected chi connectivity index (χ2v) is 8.48. The van der Waals surface area contributed by atoms with Crippen LogP contribution in [0.1, 0.15) is 18.0 Å². The number of likely N-dealkylation sites (tertiary alicyclic amines) is 1. The normalized spacial score (nSPS) is 29.8. The Balaban J connectivity index is 1.77. The van der Waals surface area contributed by atoms with Crippen LogP contribution in [0.15, 0.2) is 30.3 Å². The number of rotatable bonds is 5. The highest BCUT2D eigenvalue weighted by molar-refractivity contribution is 7.89. The Morgan fingerprint density at radius 1 is 1.18 bits per heavy atom. The van der Waals surface area contributed by atoms with Crippen molar-refractivity contribution in [3.8, 4) is 0 Å². The van der Waals surface area contributed by atoms with E-state index in [4.69, 9.17) is 0 Å². The summed E-state index contributed by atoms with van der Waals surface area (Å²) in [5.41, 5.74) is 1.25. The molecule has 3 unspecified atom stereocenters. The highest BCUT2D eigenvalue weighted by Crippen LogP contribution is 2.44. The Hall–Kier alpha value is -0.980. The van der Waals surface area contributed by atoms with Gasteiger partial charge < -0.3 is 0 Å². The number of alkyl halides is 1. The summed E-state index contributed by atoms with van der Waals surface area (Å²) in [4.78, 5) is 2.33. The highest BCUT2D eigenvalue weighted by Gasteiger charge is 2.48. The van der Waals surface area contributed by atoms with Crippen molar-refractivity contribution in [2.24, 2.45) is 11.8 Å². The summed E-state index contributed by atoms with van der Waals surface area (Å²) in [6.45, 7) is 1.48. The molecule has 1 aromatic rings. The summed E-state index contributed by atoms with van der Waals surface area (Å²) in [6.07, 6.45) is 0.0934. The van der Waals surface area contributed by atoms with Gasteiger partial charge in [0.05, 0.1) is 12.4 Å². The summed E-state index contributed by atoms with van der Waals surface area (Å²) in [7, 11) is -1.20. The summed E-state index contributed by atoms with van der Waals surface area (Å²) < 4.78 is 38.5. The van der Waals surface area contributed by atoms with E-state index in [1.807, 2.05) is 18.2 Å². The molecular formula is C16H23FN2O2S. The van der Waals surface area contributed by atoms with Crippen molar-refractivity contribution in [3.05, 3.63) is 35.9 Å². The fraction of sp³-hybridized carbons (Fsp3) is 0.625. The van der Waals surface area contributed by atoms with Crippen LogP contribution >= 0.6 is 0 Å². The molecule has 0 bridgehead atoms. The number of hydrogen-bond donors (Lipinski definition) is 0. The van der Waals surface area contributed by atoms with Gasteiger partial charge in [-0.25, -0.2) is 12.7 Å². The zero-order valence-electron chi connectivity index (χ0n) is 12.9. The predicted molar refractivity (Wildman–Crippen MR) is 84.7 cm³/mol. The Morgan fingerprint density at radius 2 is 1.91 bits per heavy atom. The molecule has 4 nitrogen and oxygen atoms in total. The minimum absolute atomic E-state index is 0.0746. The first-order chi connectivity index (χ1) is 10.5. The first kappa shape index (κ1) is 15.9. The smallest absolute Gasteiger partial charge is 0.214 e. The molecule has 6 heteroatoms. The Bertz CT molecular complexity index is 608. The molecule has 0 amide bonds. The average molecular weight is 326 g/mol. The summed E-state index contributed by atoms with van der Waals surface area (Å²) in [5.74, 6) is 0.623. The van der Waals surface area contributed by atoms with Gasteiger partial charge in [-0.2, -0.15) is 0 Å². The van der Waals surface area contributed by atoms with Crippen LogP contribution in [0.25, 0.3) is 0 Å². The number of sulfonamides is 1. The number of nitrogens with zero attached hydrogens (tertiary/aromatic N) is 2. The Labute approximate surface area is 132 Å². The molecule has 122 valence electrons. The van der Waals surface area contributed by atoms with E-state index in [1.165, 1.54) is 5.56 Å². The fourth-order valence-electron chi connectivity index (χ4n) is 3.96. The van der Waals surface area contributed by atoms with Gasteiger partial charge >= 0.3 is 0 Å². The molecule has 1 aromatic carbocycles. The minimum Gasteiger partial charge on any atom is -0.299 e.